The molecule has 0 saturated heterocycles. The molecule has 0 bridgehead atoms. The number of benzene rings is 1. The zero-order valence-electron chi connectivity index (χ0n) is 11.2. The van der Waals surface area contributed by atoms with Gasteiger partial charge in [0.1, 0.15) is 4.90 Å². The summed E-state index contributed by atoms with van der Waals surface area (Å²) in [6.07, 6.45) is 4.37. The van der Waals surface area contributed by atoms with Crippen molar-refractivity contribution in [2.75, 3.05) is 6.54 Å². The van der Waals surface area contributed by atoms with E-state index in [2.05, 4.69) is 21.2 Å². The van der Waals surface area contributed by atoms with Gasteiger partial charge < -0.3 is 5.32 Å². The Kier molecular flexibility index (Phi) is 5.00. The number of amides is 1. The summed E-state index contributed by atoms with van der Waals surface area (Å²) in [5, 5.41) is 7.60. The van der Waals surface area contributed by atoms with Crippen molar-refractivity contribution in [3.63, 3.8) is 0 Å². The van der Waals surface area contributed by atoms with Crippen LogP contribution in [0.5, 0.6) is 0 Å². The van der Waals surface area contributed by atoms with Crippen LogP contribution in [0.1, 0.15) is 36.0 Å². The molecule has 3 N–H and O–H groups in total. The molecule has 0 heterocycles. The quantitative estimate of drug-likeness (QED) is 0.840. The van der Waals surface area contributed by atoms with E-state index in [1.165, 1.54) is 6.07 Å². The summed E-state index contributed by atoms with van der Waals surface area (Å²) in [5.41, 5.74) is -0.327. The molecule has 1 aliphatic carbocycles. The highest BCUT2D eigenvalue weighted by molar-refractivity contribution is 9.10. The predicted molar refractivity (Wildman–Crippen MR) is 79.8 cm³/mol. The van der Waals surface area contributed by atoms with Crippen molar-refractivity contribution < 1.29 is 17.6 Å². The van der Waals surface area contributed by atoms with Gasteiger partial charge in [-0.2, -0.15) is 0 Å². The fourth-order valence-electron chi connectivity index (χ4n) is 2.48. The Morgan fingerprint density at radius 3 is 2.57 bits per heavy atom. The summed E-state index contributed by atoms with van der Waals surface area (Å²) in [6.45, 7) is 0.468. The monoisotopic (exact) mass is 378 g/mol. The highest BCUT2D eigenvalue weighted by Crippen LogP contribution is 2.25. The molecule has 21 heavy (non-hydrogen) atoms. The highest BCUT2D eigenvalue weighted by Gasteiger charge is 2.23. The van der Waals surface area contributed by atoms with E-state index in [1.54, 1.807) is 0 Å². The van der Waals surface area contributed by atoms with Gasteiger partial charge in [0, 0.05) is 11.0 Å². The first-order valence-electron chi connectivity index (χ1n) is 6.59. The Bertz CT molecular complexity index is 658. The normalized spacial score (nSPS) is 16.1. The van der Waals surface area contributed by atoms with Crippen LogP contribution >= 0.6 is 15.9 Å². The minimum absolute atomic E-state index is 0.277. The van der Waals surface area contributed by atoms with E-state index < -0.39 is 26.6 Å². The van der Waals surface area contributed by atoms with E-state index in [1.807, 2.05) is 0 Å². The van der Waals surface area contributed by atoms with Gasteiger partial charge in [0.15, 0.2) is 5.82 Å². The molecular weight excluding hydrogens is 363 g/mol. The smallest absolute Gasteiger partial charge is 0.254 e. The van der Waals surface area contributed by atoms with Crippen molar-refractivity contribution in [1.82, 2.24) is 5.32 Å². The lowest BCUT2D eigenvalue weighted by atomic mass is 10.1. The number of hydrogen-bond acceptors (Lipinski definition) is 3. The van der Waals surface area contributed by atoms with E-state index in [9.17, 15) is 17.6 Å². The van der Waals surface area contributed by atoms with Crippen LogP contribution in [0.15, 0.2) is 21.5 Å². The fourth-order valence-corrected chi connectivity index (χ4v) is 3.74. The van der Waals surface area contributed by atoms with Crippen molar-refractivity contribution in [1.29, 1.82) is 0 Å². The van der Waals surface area contributed by atoms with Gasteiger partial charge >= 0.3 is 0 Å². The standard InChI is InChI=1S/C13H16BrFN2O3S/c14-9-5-10(12(15)11(6-9)21(16,19)20)13(18)17-7-8-3-1-2-4-8/h5-6,8H,1-4,7H2,(H,17,18)(H2,16,19,20). The zero-order valence-corrected chi connectivity index (χ0v) is 13.6. The summed E-state index contributed by atoms with van der Waals surface area (Å²) >= 11 is 3.06. The zero-order chi connectivity index (χ0) is 15.6. The second kappa shape index (κ2) is 6.41. The van der Waals surface area contributed by atoms with Crippen molar-refractivity contribution in [3.05, 3.63) is 28.0 Å². The molecule has 1 aromatic rings. The Morgan fingerprint density at radius 2 is 2.00 bits per heavy atom. The lowest BCUT2D eigenvalue weighted by Crippen LogP contribution is -2.29. The van der Waals surface area contributed by atoms with Gasteiger partial charge in [0.05, 0.1) is 5.56 Å². The number of nitrogens with one attached hydrogen (secondary N) is 1. The molecule has 0 radical (unpaired) electrons. The molecule has 2 rings (SSSR count). The van der Waals surface area contributed by atoms with E-state index in [4.69, 9.17) is 5.14 Å². The SMILES string of the molecule is NS(=O)(=O)c1cc(Br)cc(C(=O)NCC2CCCC2)c1F. The third kappa shape index (κ3) is 4.02. The molecule has 1 fully saturated rings. The first-order chi connectivity index (χ1) is 9.79. The molecule has 0 atom stereocenters. The van der Waals surface area contributed by atoms with Crippen molar-refractivity contribution in [2.24, 2.45) is 11.1 Å². The number of nitrogens with two attached hydrogens (primary N) is 1. The van der Waals surface area contributed by atoms with E-state index in [0.717, 1.165) is 31.7 Å². The Hall–Kier alpha value is -0.990. The fraction of sp³-hybridized carbons (Fsp3) is 0.462. The van der Waals surface area contributed by atoms with Crippen LogP contribution < -0.4 is 10.5 Å². The molecule has 0 aliphatic heterocycles. The molecule has 8 heteroatoms. The molecule has 116 valence electrons. The molecule has 5 nitrogen and oxygen atoms in total. The summed E-state index contributed by atoms with van der Waals surface area (Å²) in [7, 11) is -4.23. The summed E-state index contributed by atoms with van der Waals surface area (Å²) in [5.74, 6) is -1.35. The minimum Gasteiger partial charge on any atom is -0.352 e. The number of sulfonamides is 1. The van der Waals surface area contributed by atoms with Crippen LogP contribution in [0.4, 0.5) is 4.39 Å². The molecular formula is C13H16BrFN2O3S. The van der Waals surface area contributed by atoms with Crippen LogP contribution in [0.25, 0.3) is 0 Å². The third-order valence-corrected chi connectivity index (χ3v) is 4.95. The van der Waals surface area contributed by atoms with E-state index in [-0.39, 0.29) is 10.0 Å². The average molecular weight is 379 g/mol. The second-order valence-corrected chi connectivity index (χ2v) is 7.62. The van der Waals surface area contributed by atoms with Crippen LogP contribution in [-0.4, -0.2) is 20.9 Å². The van der Waals surface area contributed by atoms with Crippen LogP contribution in [0.2, 0.25) is 0 Å². The first kappa shape index (κ1) is 16.4. The Balaban J connectivity index is 2.22. The first-order valence-corrected chi connectivity index (χ1v) is 8.93. The van der Waals surface area contributed by atoms with Crippen LogP contribution in [-0.2, 0) is 10.0 Å². The van der Waals surface area contributed by atoms with Gasteiger partial charge in [-0.25, -0.2) is 17.9 Å². The molecule has 0 spiro atoms. The Morgan fingerprint density at radius 1 is 1.38 bits per heavy atom. The lowest BCUT2D eigenvalue weighted by Gasteiger charge is -2.12. The number of halogens is 2. The number of hydrogen-bond donors (Lipinski definition) is 2. The van der Waals surface area contributed by atoms with Gasteiger partial charge in [-0.3, -0.25) is 4.79 Å². The average Bonchev–Trinajstić information content (AvgIpc) is 2.90. The van der Waals surface area contributed by atoms with Crippen LogP contribution in [0, 0.1) is 11.7 Å². The number of carbonyl (C=O) groups is 1. The maximum Gasteiger partial charge on any atom is 0.254 e. The summed E-state index contributed by atoms with van der Waals surface area (Å²) in [4.78, 5) is 11.4. The third-order valence-electron chi connectivity index (χ3n) is 3.58. The summed E-state index contributed by atoms with van der Waals surface area (Å²) in [6, 6.07) is 2.28. The van der Waals surface area contributed by atoms with Gasteiger partial charge in [-0.1, -0.05) is 28.8 Å². The van der Waals surface area contributed by atoms with Crippen molar-refractivity contribution in [3.8, 4) is 0 Å². The Labute approximate surface area is 131 Å². The number of primary sulfonamides is 1. The minimum atomic E-state index is -4.23. The molecule has 0 aromatic heterocycles. The summed E-state index contributed by atoms with van der Waals surface area (Å²) < 4.78 is 37.1. The topological polar surface area (TPSA) is 89.3 Å². The predicted octanol–water partition coefficient (Wildman–Crippen LogP) is 2.16. The van der Waals surface area contributed by atoms with Gasteiger partial charge in [0.25, 0.3) is 5.91 Å². The second-order valence-electron chi connectivity index (χ2n) is 5.17. The molecule has 1 saturated carbocycles. The van der Waals surface area contributed by atoms with Crippen molar-refractivity contribution >= 4 is 31.9 Å². The van der Waals surface area contributed by atoms with Crippen molar-refractivity contribution in [2.45, 2.75) is 30.6 Å². The number of carbonyl (C=O) groups excluding carboxylic acids is 1. The maximum atomic E-state index is 14.2. The molecule has 1 amide bonds. The van der Waals surface area contributed by atoms with E-state index in [0.29, 0.717) is 12.5 Å². The molecule has 0 unspecified atom stereocenters. The highest BCUT2D eigenvalue weighted by atomic mass is 79.9. The van der Waals surface area contributed by atoms with Gasteiger partial charge in [-0.15, -0.1) is 0 Å². The van der Waals surface area contributed by atoms with Crippen LogP contribution in [0.3, 0.4) is 0 Å². The van der Waals surface area contributed by atoms with E-state index >= 15 is 0 Å². The number of rotatable bonds is 4. The maximum absolute atomic E-state index is 14.2. The van der Waals surface area contributed by atoms with Gasteiger partial charge in [-0.05, 0) is 30.9 Å². The molecule has 1 aromatic carbocycles. The molecule has 1 aliphatic rings. The lowest BCUT2D eigenvalue weighted by molar-refractivity contribution is 0.0942. The largest absolute Gasteiger partial charge is 0.352 e. The van der Waals surface area contributed by atoms with Gasteiger partial charge in [0.2, 0.25) is 10.0 Å².